The third kappa shape index (κ3) is 2.85. The van der Waals surface area contributed by atoms with E-state index in [0.717, 1.165) is 5.56 Å². The average molecular weight is 379 g/mol. The SMILES string of the molecule is CCNC(=O)c1c2c(c(O)c3ncccc13)C(=O)N(Cc1ccc(F)cc1)C2. The van der Waals surface area contributed by atoms with E-state index in [1.165, 1.54) is 23.2 Å². The second kappa shape index (κ2) is 6.92. The smallest absolute Gasteiger partial charge is 0.258 e. The summed E-state index contributed by atoms with van der Waals surface area (Å²) in [5, 5.41) is 14.0. The maximum Gasteiger partial charge on any atom is 0.258 e. The summed E-state index contributed by atoms with van der Waals surface area (Å²) in [6.45, 7) is 2.66. The first-order valence-corrected chi connectivity index (χ1v) is 8.95. The molecule has 1 aliphatic heterocycles. The van der Waals surface area contributed by atoms with Gasteiger partial charge in [-0.15, -0.1) is 0 Å². The molecule has 0 bridgehead atoms. The van der Waals surface area contributed by atoms with Gasteiger partial charge in [-0.05, 0) is 30.7 Å². The van der Waals surface area contributed by atoms with Crippen molar-refractivity contribution in [1.29, 1.82) is 0 Å². The highest BCUT2D eigenvalue weighted by molar-refractivity contribution is 6.15. The Hall–Kier alpha value is -3.48. The van der Waals surface area contributed by atoms with Crippen molar-refractivity contribution in [2.75, 3.05) is 6.54 Å². The van der Waals surface area contributed by atoms with Crippen molar-refractivity contribution in [3.8, 4) is 5.75 Å². The zero-order valence-corrected chi connectivity index (χ0v) is 15.2. The zero-order valence-electron chi connectivity index (χ0n) is 15.2. The number of carbonyl (C=O) groups excluding carboxylic acids is 2. The minimum absolute atomic E-state index is 0.106. The third-order valence-corrected chi connectivity index (χ3v) is 4.84. The van der Waals surface area contributed by atoms with Crippen LogP contribution >= 0.6 is 0 Å². The summed E-state index contributed by atoms with van der Waals surface area (Å²) in [7, 11) is 0. The number of carbonyl (C=O) groups is 2. The number of hydrogen-bond donors (Lipinski definition) is 2. The molecule has 0 aliphatic carbocycles. The monoisotopic (exact) mass is 379 g/mol. The highest BCUT2D eigenvalue weighted by atomic mass is 19.1. The summed E-state index contributed by atoms with van der Waals surface area (Å²) in [5.41, 5.74) is 1.92. The van der Waals surface area contributed by atoms with E-state index in [0.29, 0.717) is 23.1 Å². The molecule has 28 heavy (non-hydrogen) atoms. The predicted octanol–water partition coefficient (Wildman–Crippen LogP) is 2.99. The van der Waals surface area contributed by atoms with E-state index >= 15 is 0 Å². The zero-order chi connectivity index (χ0) is 19.8. The van der Waals surface area contributed by atoms with Crippen LogP contribution in [0, 0.1) is 5.82 Å². The molecule has 1 aromatic heterocycles. The van der Waals surface area contributed by atoms with Gasteiger partial charge in [-0.1, -0.05) is 18.2 Å². The first-order valence-electron chi connectivity index (χ1n) is 8.95. The fourth-order valence-corrected chi connectivity index (χ4v) is 3.60. The molecule has 0 saturated heterocycles. The molecule has 1 aliphatic rings. The number of rotatable bonds is 4. The number of amides is 2. The highest BCUT2D eigenvalue weighted by Gasteiger charge is 2.36. The predicted molar refractivity (Wildman–Crippen MR) is 101 cm³/mol. The number of benzene rings is 2. The van der Waals surface area contributed by atoms with E-state index in [1.54, 1.807) is 24.3 Å². The average Bonchev–Trinajstić information content (AvgIpc) is 3.00. The number of aromatic hydroxyl groups is 1. The van der Waals surface area contributed by atoms with E-state index in [2.05, 4.69) is 10.3 Å². The Bertz CT molecular complexity index is 1100. The molecule has 2 heterocycles. The normalized spacial score (nSPS) is 13.1. The van der Waals surface area contributed by atoms with Crippen LogP contribution in [-0.2, 0) is 13.1 Å². The summed E-state index contributed by atoms with van der Waals surface area (Å²) < 4.78 is 13.2. The van der Waals surface area contributed by atoms with Crippen LogP contribution < -0.4 is 5.32 Å². The van der Waals surface area contributed by atoms with Crippen molar-refractivity contribution >= 4 is 22.7 Å². The molecule has 0 unspecified atom stereocenters. The molecule has 0 atom stereocenters. The van der Waals surface area contributed by atoms with E-state index < -0.39 is 0 Å². The van der Waals surface area contributed by atoms with Crippen LogP contribution in [0.3, 0.4) is 0 Å². The lowest BCUT2D eigenvalue weighted by atomic mass is 9.96. The molecule has 2 N–H and O–H groups in total. The van der Waals surface area contributed by atoms with Crippen LogP contribution in [0.5, 0.6) is 5.75 Å². The van der Waals surface area contributed by atoms with Crippen LogP contribution in [0.2, 0.25) is 0 Å². The Balaban J connectivity index is 1.83. The van der Waals surface area contributed by atoms with Gasteiger partial charge in [0.05, 0.1) is 11.1 Å². The minimum Gasteiger partial charge on any atom is -0.505 e. The lowest BCUT2D eigenvalue weighted by molar-refractivity contribution is 0.0763. The second-order valence-electron chi connectivity index (χ2n) is 6.62. The van der Waals surface area contributed by atoms with Crippen molar-refractivity contribution in [2.24, 2.45) is 0 Å². The number of hydrogen-bond acceptors (Lipinski definition) is 4. The van der Waals surface area contributed by atoms with E-state index in [9.17, 15) is 19.1 Å². The molecule has 0 saturated carbocycles. The van der Waals surface area contributed by atoms with Crippen molar-refractivity contribution in [2.45, 2.75) is 20.0 Å². The van der Waals surface area contributed by atoms with Gasteiger partial charge in [0.15, 0.2) is 5.75 Å². The minimum atomic E-state index is -0.380. The van der Waals surface area contributed by atoms with Crippen LogP contribution in [-0.4, -0.2) is 33.3 Å². The molecule has 3 aromatic rings. The molecule has 2 aromatic carbocycles. The van der Waals surface area contributed by atoms with Crippen molar-refractivity contribution < 1.29 is 19.1 Å². The molecule has 4 rings (SSSR count). The summed E-state index contributed by atoms with van der Waals surface area (Å²) in [5.74, 6) is -1.26. The maximum atomic E-state index is 13.2. The Morgan fingerprint density at radius 1 is 1.29 bits per heavy atom. The molecule has 6 nitrogen and oxygen atoms in total. The Morgan fingerprint density at radius 3 is 2.75 bits per heavy atom. The lowest BCUT2D eigenvalue weighted by Gasteiger charge is -2.16. The van der Waals surface area contributed by atoms with Crippen molar-refractivity contribution in [3.63, 3.8) is 0 Å². The summed E-state index contributed by atoms with van der Waals surface area (Å²) in [6, 6.07) is 9.27. The van der Waals surface area contributed by atoms with Gasteiger partial charge in [-0.25, -0.2) is 4.39 Å². The fourth-order valence-electron chi connectivity index (χ4n) is 3.60. The first-order chi connectivity index (χ1) is 13.5. The number of halogens is 1. The molecular weight excluding hydrogens is 361 g/mol. The quantitative estimate of drug-likeness (QED) is 0.730. The van der Waals surface area contributed by atoms with E-state index in [-0.39, 0.29) is 47.6 Å². The number of pyridine rings is 1. The second-order valence-corrected chi connectivity index (χ2v) is 6.62. The van der Waals surface area contributed by atoms with Gasteiger partial charge < -0.3 is 15.3 Å². The van der Waals surface area contributed by atoms with Gasteiger partial charge in [0.25, 0.3) is 11.8 Å². The molecule has 0 radical (unpaired) electrons. The molecule has 0 spiro atoms. The number of nitrogens with one attached hydrogen (secondary N) is 1. The number of aromatic nitrogens is 1. The van der Waals surface area contributed by atoms with Crippen LogP contribution in [0.25, 0.3) is 10.9 Å². The standard InChI is InChI=1S/C21H18FN3O3/c1-2-23-20(27)16-14-4-3-9-24-18(14)19(26)17-15(16)11-25(21(17)28)10-12-5-7-13(22)8-6-12/h3-9,26H,2,10-11H2,1H3,(H,23,27). The van der Waals surface area contributed by atoms with Gasteiger partial charge in [0, 0.05) is 36.8 Å². The van der Waals surface area contributed by atoms with E-state index in [4.69, 9.17) is 0 Å². The van der Waals surface area contributed by atoms with Crippen LogP contribution in [0.1, 0.15) is 38.8 Å². The Labute approximate surface area is 160 Å². The molecular formula is C21H18FN3O3. The number of nitrogens with zero attached hydrogens (tertiary/aromatic N) is 2. The molecule has 0 fully saturated rings. The van der Waals surface area contributed by atoms with Crippen molar-refractivity contribution in [1.82, 2.24) is 15.2 Å². The largest absolute Gasteiger partial charge is 0.505 e. The van der Waals surface area contributed by atoms with Gasteiger partial charge >= 0.3 is 0 Å². The van der Waals surface area contributed by atoms with Crippen molar-refractivity contribution in [3.05, 3.63) is 70.7 Å². The third-order valence-electron chi connectivity index (χ3n) is 4.84. The van der Waals surface area contributed by atoms with E-state index in [1.807, 2.05) is 6.92 Å². The summed E-state index contributed by atoms with van der Waals surface area (Å²) in [6.07, 6.45) is 1.51. The molecule has 2 amide bonds. The maximum absolute atomic E-state index is 13.2. The summed E-state index contributed by atoms with van der Waals surface area (Å²) >= 11 is 0. The Kier molecular flexibility index (Phi) is 4.43. The van der Waals surface area contributed by atoms with Gasteiger partial charge in [-0.3, -0.25) is 14.6 Å². The van der Waals surface area contributed by atoms with Gasteiger partial charge in [0.1, 0.15) is 11.3 Å². The Morgan fingerprint density at radius 2 is 2.04 bits per heavy atom. The molecule has 7 heteroatoms. The number of phenolic OH excluding ortho intramolecular Hbond substituents is 1. The lowest BCUT2D eigenvalue weighted by Crippen LogP contribution is -2.25. The topological polar surface area (TPSA) is 82.5 Å². The van der Waals surface area contributed by atoms with Crippen LogP contribution in [0.4, 0.5) is 4.39 Å². The number of phenols is 1. The van der Waals surface area contributed by atoms with Gasteiger partial charge in [-0.2, -0.15) is 0 Å². The first kappa shape index (κ1) is 17.9. The fraction of sp³-hybridized carbons (Fsp3) is 0.190. The number of fused-ring (bicyclic) bond motifs is 2. The summed E-state index contributed by atoms with van der Waals surface area (Å²) in [4.78, 5) is 31.4. The van der Waals surface area contributed by atoms with Gasteiger partial charge in [0.2, 0.25) is 0 Å². The van der Waals surface area contributed by atoms with Crippen LogP contribution in [0.15, 0.2) is 42.6 Å². The molecule has 142 valence electrons. The highest BCUT2D eigenvalue weighted by Crippen LogP contribution is 2.39.